The van der Waals surface area contributed by atoms with Gasteiger partial charge in [0, 0.05) is 23.4 Å². The number of hydrogen-bond donors (Lipinski definition) is 1. The fraction of sp³-hybridized carbons (Fsp3) is 0.438. The number of anilines is 1. The van der Waals surface area contributed by atoms with Crippen LogP contribution in [0.1, 0.15) is 50.7 Å². The summed E-state index contributed by atoms with van der Waals surface area (Å²) in [5, 5.41) is 3.92. The van der Waals surface area contributed by atoms with E-state index in [2.05, 4.69) is 48.0 Å². The number of halogens is 1. The van der Waals surface area contributed by atoms with Gasteiger partial charge in [-0.1, -0.05) is 32.4 Å². The summed E-state index contributed by atoms with van der Waals surface area (Å²) in [6.07, 6.45) is 3.57. The number of nitrogens with one attached hydrogen (secondary N) is 1. The van der Waals surface area contributed by atoms with Crippen LogP contribution in [0.4, 0.5) is 5.82 Å². The van der Waals surface area contributed by atoms with Crippen molar-refractivity contribution >= 4 is 17.4 Å². The van der Waals surface area contributed by atoms with Gasteiger partial charge in [-0.2, -0.15) is 0 Å². The number of nitrogens with zero attached hydrogens (tertiary/aromatic N) is 3. The van der Waals surface area contributed by atoms with Crippen LogP contribution in [0.25, 0.3) is 0 Å². The van der Waals surface area contributed by atoms with Crippen molar-refractivity contribution < 1.29 is 0 Å². The molecule has 0 saturated heterocycles. The van der Waals surface area contributed by atoms with E-state index in [0.29, 0.717) is 5.15 Å². The van der Waals surface area contributed by atoms with Gasteiger partial charge in [-0.3, -0.25) is 4.98 Å². The van der Waals surface area contributed by atoms with Crippen molar-refractivity contribution in [2.24, 2.45) is 0 Å². The Morgan fingerprint density at radius 2 is 1.76 bits per heavy atom. The number of pyridine rings is 1. The van der Waals surface area contributed by atoms with Gasteiger partial charge >= 0.3 is 0 Å². The monoisotopic (exact) mass is 304 g/mol. The zero-order valence-corrected chi connectivity index (χ0v) is 13.9. The molecule has 0 aliphatic heterocycles. The van der Waals surface area contributed by atoms with Crippen LogP contribution in [0, 0.1) is 6.92 Å². The van der Waals surface area contributed by atoms with E-state index in [-0.39, 0.29) is 11.5 Å². The minimum Gasteiger partial charge on any atom is -0.363 e. The van der Waals surface area contributed by atoms with E-state index in [1.54, 1.807) is 12.4 Å². The summed E-state index contributed by atoms with van der Waals surface area (Å²) in [5.41, 5.74) is 1.87. The fourth-order valence-corrected chi connectivity index (χ4v) is 2.08. The van der Waals surface area contributed by atoms with E-state index < -0.39 is 0 Å². The Hall–Kier alpha value is -1.68. The van der Waals surface area contributed by atoms with Crippen LogP contribution in [0.2, 0.25) is 5.15 Å². The van der Waals surface area contributed by atoms with E-state index >= 15 is 0 Å². The molecule has 0 fully saturated rings. The molecule has 0 aromatic carbocycles. The summed E-state index contributed by atoms with van der Waals surface area (Å²) >= 11 is 6.25. The molecule has 2 aromatic heterocycles. The first-order valence-corrected chi connectivity index (χ1v) is 7.38. The predicted molar refractivity (Wildman–Crippen MR) is 86.8 cm³/mol. The van der Waals surface area contributed by atoms with Gasteiger partial charge in [0.1, 0.15) is 16.8 Å². The molecule has 1 N–H and O–H groups in total. The summed E-state index contributed by atoms with van der Waals surface area (Å²) in [5.74, 6) is 1.52. The molecule has 112 valence electrons. The van der Waals surface area contributed by atoms with Crippen LogP contribution < -0.4 is 5.32 Å². The van der Waals surface area contributed by atoms with Crippen LogP contribution in [0.15, 0.2) is 24.5 Å². The van der Waals surface area contributed by atoms with Crippen molar-refractivity contribution in [1.82, 2.24) is 15.0 Å². The zero-order chi connectivity index (χ0) is 15.6. The summed E-state index contributed by atoms with van der Waals surface area (Å²) in [6.45, 7) is 10.2. The van der Waals surface area contributed by atoms with Gasteiger partial charge in [0.15, 0.2) is 0 Å². The Kier molecular flexibility index (Phi) is 4.47. The molecular weight excluding hydrogens is 284 g/mol. The smallest absolute Gasteiger partial charge is 0.137 e. The van der Waals surface area contributed by atoms with Gasteiger partial charge in [0.2, 0.25) is 0 Å². The maximum Gasteiger partial charge on any atom is 0.137 e. The molecule has 1 atom stereocenters. The van der Waals surface area contributed by atoms with E-state index in [4.69, 9.17) is 11.6 Å². The van der Waals surface area contributed by atoms with Gasteiger partial charge in [-0.05, 0) is 31.5 Å². The van der Waals surface area contributed by atoms with Crippen LogP contribution in [-0.4, -0.2) is 15.0 Å². The highest BCUT2D eigenvalue weighted by Crippen LogP contribution is 2.28. The highest BCUT2D eigenvalue weighted by Gasteiger charge is 2.21. The third kappa shape index (κ3) is 3.70. The summed E-state index contributed by atoms with van der Waals surface area (Å²) in [7, 11) is 0. The SMILES string of the molecule is Cc1c(Cl)nc(C(C)(C)C)nc1NC(C)c1ccncc1. The summed E-state index contributed by atoms with van der Waals surface area (Å²) in [4.78, 5) is 13.1. The van der Waals surface area contributed by atoms with E-state index in [0.717, 1.165) is 22.8 Å². The van der Waals surface area contributed by atoms with Gasteiger partial charge in [-0.15, -0.1) is 0 Å². The molecular formula is C16H21ClN4. The molecule has 1 unspecified atom stereocenters. The molecule has 5 heteroatoms. The van der Waals surface area contributed by atoms with Crippen molar-refractivity contribution in [1.29, 1.82) is 0 Å². The van der Waals surface area contributed by atoms with Gasteiger partial charge < -0.3 is 5.32 Å². The molecule has 0 spiro atoms. The molecule has 0 saturated carbocycles. The average molecular weight is 305 g/mol. The Bertz CT molecular complexity index is 620. The quantitative estimate of drug-likeness (QED) is 0.859. The molecule has 0 amide bonds. The van der Waals surface area contributed by atoms with Gasteiger partial charge in [-0.25, -0.2) is 9.97 Å². The lowest BCUT2D eigenvalue weighted by molar-refractivity contribution is 0.545. The first-order chi connectivity index (χ1) is 9.79. The lowest BCUT2D eigenvalue weighted by Gasteiger charge is -2.21. The highest BCUT2D eigenvalue weighted by molar-refractivity contribution is 6.30. The molecule has 21 heavy (non-hydrogen) atoms. The lowest BCUT2D eigenvalue weighted by Crippen LogP contribution is -2.19. The Morgan fingerprint density at radius 3 is 2.33 bits per heavy atom. The van der Waals surface area contributed by atoms with Crippen molar-refractivity contribution in [2.75, 3.05) is 5.32 Å². The molecule has 0 radical (unpaired) electrons. The van der Waals surface area contributed by atoms with Gasteiger partial charge in [0.25, 0.3) is 0 Å². The fourth-order valence-electron chi connectivity index (χ4n) is 1.91. The van der Waals surface area contributed by atoms with Crippen molar-refractivity contribution in [3.63, 3.8) is 0 Å². The number of rotatable bonds is 3. The summed E-state index contributed by atoms with van der Waals surface area (Å²) in [6, 6.07) is 4.09. The van der Waals surface area contributed by atoms with E-state index in [1.165, 1.54) is 0 Å². The van der Waals surface area contributed by atoms with Crippen LogP contribution in [0.3, 0.4) is 0 Å². The first-order valence-electron chi connectivity index (χ1n) is 7.00. The summed E-state index contributed by atoms with van der Waals surface area (Å²) < 4.78 is 0. The molecule has 0 aliphatic rings. The third-order valence-corrected chi connectivity index (χ3v) is 3.68. The highest BCUT2D eigenvalue weighted by atomic mass is 35.5. The minimum atomic E-state index is -0.145. The Balaban J connectivity index is 2.33. The predicted octanol–water partition coefficient (Wildman–Crippen LogP) is 4.30. The standard InChI is InChI=1S/C16H21ClN4/c1-10-13(17)20-15(16(3,4)5)21-14(10)19-11(2)12-6-8-18-9-7-12/h6-9,11H,1-5H3,(H,19,20,21). The van der Waals surface area contributed by atoms with Gasteiger partial charge in [0.05, 0.1) is 6.04 Å². The van der Waals surface area contributed by atoms with Crippen molar-refractivity contribution in [3.05, 3.63) is 46.6 Å². The first kappa shape index (κ1) is 15.7. The molecule has 2 aromatic rings. The second-order valence-corrected chi connectivity index (χ2v) is 6.57. The zero-order valence-electron chi connectivity index (χ0n) is 13.1. The Labute approximate surface area is 131 Å². The molecule has 4 nitrogen and oxygen atoms in total. The minimum absolute atomic E-state index is 0.116. The number of aromatic nitrogens is 3. The second kappa shape index (κ2) is 5.98. The van der Waals surface area contributed by atoms with Crippen LogP contribution in [-0.2, 0) is 5.41 Å². The molecule has 0 aliphatic carbocycles. The second-order valence-electron chi connectivity index (χ2n) is 6.21. The van der Waals surface area contributed by atoms with E-state index in [9.17, 15) is 0 Å². The lowest BCUT2D eigenvalue weighted by atomic mass is 9.95. The normalized spacial score (nSPS) is 13.0. The van der Waals surface area contributed by atoms with Crippen LogP contribution in [0.5, 0.6) is 0 Å². The topological polar surface area (TPSA) is 50.7 Å². The van der Waals surface area contributed by atoms with Crippen LogP contribution >= 0.6 is 11.6 Å². The van der Waals surface area contributed by atoms with Crippen molar-refractivity contribution in [2.45, 2.75) is 46.1 Å². The number of hydrogen-bond acceptors (Lipinski definition) is 4. The molecule has 2 heterocycles. The van der Waals surface area contributed by atoms with E-state index in [1.807, 2.05) is 19.1 Å². The van der Waals surface area contributed by atoms with Crippen molar-refractivity contribution in [3.8, 4) is 0 Å². The maximum atomic E-state index is 6.25. The largest absolute Gasteiger partial charge is 0.363 e. The Morgan fingerprint density at radius 1 is 1.14 bits per heavy atom. The molecule has 2 rings (SSSR count). The average Bonchev–Trinajstić information content (AvgIpc) is 2.43. The molecule has 0 bridgehead atoms. The third-order valence-electron chi connectivity index (χ3n) is 3.32. The maximum absolute atomic E-state index is 6.25.